The van der Waals surface area contributed by atoms with E-state index in [0.29, 0.717) is 18.0 Å². The van der Waals surface area contributed by atoms with Gasteiger partial charge in [0.25, 0.3) is 0 Å². The molecule has 98 valence electrons. The minimum atomic E-state index is -1.03. The number of carboxylic acids is 1. The van der Waals surface area contributed by atoms with E-state index in [1.165, 1.54) is 16.7 Å². The standard InChI is InChI=1S/C11H15N3O3S/c12-11(3-1-4-11)10(17)13-5-2-8-14-7(6-18-8)9(15)16/h6H,1-5,12H2,(H,13,17)(H,15,16). The molecule has 0 aliphatic heterocycles. The Labute approximate surface area is 108 Å². The van der Waals surface area contributed by atoms with E-state index in [0.717, 1.165) is 19.3 Å². The lowest BCUT2D eigenvalue weighted by molar-refractivity contribution is -0.129. The maximum atomic E-state index is 11.7. The van der Waals surface area contributed by atoms with Gasteiger partial charge in [0.2, 0.25) is 5.91 Å². The molecule has 18 heavy (non-hydrogen) atoms. The second-order valence-corrected chi connectivity index (χ2v) is 5.39. The highest BCUT2D eigenvalue weighted by molar-refractivity contribution is 7.09. The molecule has 6 nitrogen and oxygen atoms in total. The first kappa shape index (κ1) is 13.0. The van der Waals surface area contributed by atoms with Crippen LogP contribution in [0.15, 0.2) is 5.38 Å². The van der Waals surface area contributed by atoms with Gasteiger partial charge in [0, 0.05) is 18.3 Å². The summed E-state index contributed by atoms with van der Waals surface area (Å²) in [6, 6.07) is 0. The molecule has 0 spiro atoms. The number of nitrogens with zero attached hydrogens (tertiary/aromatic N) is 1. The Morgan fingerprint density at radius 3 is 2.78 bits per heavy atom. The van der Waals surface area contributed by atoms with Crippen molar-refractivity contribution in [3.05, 3.63) is 16.1 Å². The van der Waals surface area contributed by atoms with Gasteiger partial charge in [-0.3, -0.25) is 4.79 Å². The second-order valence-electron chi connectivity index (χ2n) is 4.45. The number of aromatic nitrogens is 1. The molecule has 0 unspecified atom stereocenters. The Balaban J connectivity index is 1.77. The van der Waals surface area contributed by atoms with E-state index in [9.17, 15) is 9.59 Å². The molecule has 1 aliphatic carbocycles. The fourth-order valence-corrected chi connectivity index (χ4v) is 2.54. The molecule has 1 aromatic heterocycles. The molecule has 4 N–H and O–H groups in total. The third-order valence-corrected chi connectivity index (χ3v) is 4.00. The van der Waals surface area contributed by atoms with Gasteiger partial charge in [-0.2, -0.15) is 0 Å². The molecule has 1 amide bonds. The number of carbonyl (C=O) groups is 2. The third kappa shape index (κ3) is 2.68. The number of nitrogens with two attached hydrogens (primary N) is 1. The molecule has 1 saturated carbocycles. The van der Waals surface area contributed by atoms with Crippen LogP contribution in [0.25, 0.3) is 0 Å². The van der Waals surface area contributed by atoms with Gasteiger partial charge in [-0.1, -0.05) is 0 Å². The van der Waals surface area contributed by atoms with Crippen molar-refractivity contribution in [1.82, 2.24) is 10.3 Å². The SMILES string of the molecule is NC1(C(=O)NCCc2nc(C(=O)O)cs2)CCC1. The zero-order valence-corrected chi connectivity index (χ0v) is 10.6. The van der Waals surface area contributed by atoms with Gasteiger partial charge in [-0.25, -0.2) is 9.78 Å². The summed E-state index contributed by atoms with van der Waals surface area (Å²) in [5.41, 5.74) is 5.23. The summed E-state index contributed by atoms with van der Waals surface area (Å²) in [6.07, 6.45) is 3.00. The van der Waals surface area contributed by atoms with Crippen molar-refractivity contribution in [3.8, 4) is 0 Å². The number of carbonyl (C=O) groups excluding carboxylic acids is 1. The lowest BCUT2D eigenvalue weighted by Gasteiger charge is -2.36. The van der Waals surface area contributed by atoms with Crippen LogP contribution in [0.5, 0.6) is 0 Å². The van der Waals surface area contributed by atoms with Crippen molar-refractivity contribution in [2.45, 2.75) is 31.2 Å². The maximum absolute atomic E-state index is 11.7. The molecule has 1 aliphatic rings. The first-order valence-electron chi connectivity index (χ1n) is 5.76. The quantitative estimate of drug-likeness (QED) is 0.716. The summed E-state index contributed by atoms with van der Waals surface area (Å²) in [7, 11) is 0. The minimum Gasteiger partial charge on any atom is -0.476 e. The average Bonchev–Trinajstić information content (AvgIpc) is 2.74. The predicted octanol–water partition coefficient (Wildman–Crippen LogP) is 0.381. The first-order chi connectivity index (χ1) is 8.51. The number of nitrogens with one attached hydrogen (secondary N) is 1. The van der Waals surface area contributed by atoms with E-state index in [4.69, 9.17) is 10.8 Å². The Hall–Kier alpha value is -1.47. The molecule has 1 fully saturated rings. The van der Waals surface area contributed by atoms with Gasteiger partial charge >= 0.3 is 5.97 Å². The highest BCUT2D eigenvalue weighted by atomic mass is 32.1. The highest BCUT2D eigenvalue weighted by Gasteiger charge is 2.39. The van der Waals surface area contributed by atoms with Crippen LogP contribution in [-0.4, -0.2) is 34.1 Å². The Kier molecular flexibility index (Phi) is 3.63. The van der Waals surface area contributed by atoms with Crippen LogP contribution >= 0.6 is 11.3 Å². The minimum absolute atomic E-state index is 0.0515. The van der Waals surface area contributed by atoms with Gasteiger partial charge in [0.1, 0.15) is 0 Å². The van der Waals surface area contributed by atoms with Crippen molar-refractivity contribution in [2.24, 2.45) is 5.73 Å². The number of hydrogen-bond donors (Lipinski definition) is 3. The van der Waals surface area contributed by atoms with Crippen molar-refractivity contribution >= 4 is 23.2 Å². The molecule has 0 bridgehead atoms. The number of aromatic carboxylic acids is 1. The van der Waals surface area contributed by atoms with Crippen molar-refractivity contribution < 1.29 is 14.7 Å². The van der Waals surface area contributed by atoms with Gasteiger partial charge in [-0.15, -0.1) is 11.3 Å². The van der Waals surface area contributed by atoms with Gasteiger partial charge in [-0.05, 0) is 19.3 Å². The van der Waals surface area contributed by atoms with Crippen LogP contribution in [0.2, 0.25) is 0 Å². The van der Waals surface area contributed by atoms with Crippen LogP contribution in [0.1, 0.15) is 34.8 Å². The lowest BCUT2D eigenvalue weighted by atomic mass is 9.77. The normalized spacial score (nSPS) is 16.9. The first-order valence-corrected chi connectivity index (χ1v) is 6.64. The summed E-state index contributed by atoms with van der Waals surface area (Å²) in [6.45, 7) is 0.435. The van der Waals surface area contributed by atoms with Gasteiger partial charge in [0.15, 0.2) is 5.69 Å². The molecule has 0 atom stereocenters. The van der Waals surface area contributed by atoms with Crippen molar-refractivity contribution in [1.29, 1.82) is 0 Å². The molecule has 7 heteroatoms. The zero-order chi connectivity index (χ0) is 13.2. The maximum Gasteiger partial charge on any atom is 0.355 e. The van der Waals surface area contributed by atoms with Crippen molar-refractivity contribution in [3.63, 3.8) is 0 Å². The Morgan fingerprint density at radius 1 is 1.56 bits per heavy atom. The van der Waals surface area contributed by atoms with E-state index < -0.39 is 11.5 Å². The van der Waals surface area contributed by atoms with E-state index in [1.807, 2.05) is 0 Å². The fourth-order valence-electron chi connectivity index (χ4n) is 1.77. The number of rotatable bonds is 5. The van der Waals surface area contributed by atoms with E-state index in [-0.39, 0.29) is 11.6 Å². The van der Waals surface area contributed by atoms with Gasteiger partial charge in [0.05, 0.1) is 10.5 Å². The predicted molar refractivity (Wildman–Crippen MR) is 66.6 cm³/mol. The highest BCUT2D eigenvalue weighted by Crippen LogP contribution is 2.28. The Morgan fingerprint density at radius 2 is 2.28 bits per heavy atom. The largest absolute Gasteiger partial charge is 0.476 e. The molecular formula is C11H15N3O3S. The summed E-state index contributed by atoms with van der Waals surface area (Å²) in [4.78, 5) is 26.3. The number of thiazole rings is 1. The molecular weight excluding hydrogens is 254 g/mol. The molecule has 0 radical (unpaired) electrons. The number of carboxylic acid groups (broad SMARTS) is 1. The van der Waals surface area contributed by atoms with Crippen LogP contribution < -0.4 is 11.1 Å². The summed E-state index contributed by atoms with van der Waals surface area (Å²) < 4.78 is 0. The van der Waals surface area contributed by atoms with Crippen LogP contribution in [0.4, 0.5) is 0 Å². The van der Waals surface area contributed by atoms with Crippen LogP contribution in [0, 0.1) is 0 Å². The number of hydrogen-bond acceptors (Lipinski definition) is 5. The monoisotopic (exact) mass is 269 g/mol. The van der Waals surface area contributed by atoms with Crippen LogP contribution in [-0.2, 0) is 11.2 Å². The van der Waals surface area contributed by atoms with E-state index >= 15 is 0 Å². The summed E-state index contributed by atoms with van der Waals surface area (Å²) in [5.74, 6) is -1.15. The van der Waals surface area contributed by atoms with E-state index in [1.54, 1.807) is 0 Å². The number of amides is 1. The molecule has 0 aromatic carbocycles. The molecule has 2 rings (SSSR count). The Bertz CT molecular complexity index is 468. The fraction of sp³-hybridized carbons (Fsp3) is 0.545. The topological polar surface area (TPSA) is 105 Å². The van der Waals surface area contributed by atoms with Crippen molar-refractivity contribution in [2.75, 3.05) is 6.54 Å². The van der Waals surface area contributed by atoms with E-state index in [2.05, 4.69) is 10.3 Å². The summed E-state index contributed by atoms with van der Waals surface area (Å²) >= 11 is 1.28. The smallest absolute Gasteiger partial charge is 0.355 e. The third-order valence-electron chi connectivity index (χ3n) is 3.09. The molecule has 1 heterocycles. The molecule has 0 saturated heterocycles. The van der Waals surface area contributed by atoms with Gasteiger partial charge < -0.3 is 16.2 Å². The second kappa shape index (κ2) is 5.03. The average molecular weight is 269 g/mol. The summed E-state index contributed by atoms with van der Waals surface area (Å²) in [5, 5.41) is 13.7. The zero-order valence-electron chi connectivity index (χ0n) is 9.81. The molecule has 1 aromatic rings. The van der Waals surface area contributed by atoms with Crippen LogP contribution in [0.3, 0.4) is 0 Å². The lowest BCUT2D eigenvalue weighted by Crippen LogP contribution is -2.58.